The maximum atomic E-state index is 12.0. The fourth-order valence-corrected chi connectivity index (χ4v) is 4.21. The minimum atomic E-state index is -2.97. The van der Waals surface area contributed by atoms with Gasteiger partial charge in [0, 0.05) is 6.04 Å². The molecule has 3 nitrogen and oxygen atoms in total. The minimum absolute atomic E-state index is 0.120. The van der Waals surface area contributed by atoms with Gasteiger partial charge in [0.2, 0.25) is 0 Å². The van der Waals surface area contributed by atoms with Gasteiger partial charge < -0.3 is 5.73 Å². The van der Waals surface area contributed by atoms with Crippen LogP contribution >= 0.6 is 0 Å². The molecule has 1 fully saturated rings. The molecule has 0 spiro atoms. The van der Waals surface area contributed by atoms with Crippen molar-refractivity contribution in [3.63, 3.8) is 0 Å². The largest absolute Gasteiger partial charge is 0.326 e. The van der Waals surface area contributed by atoms with Gasteiger partial charge in [-0.1, -0.05) is 33.6 Å². The second-order valence-corrected chi connectivity index (χ2v) is 8.03. The molecule has 0 aromatic carbocycles. The molecule has 0 aliphatic heterocycles. The third kappa shape index (κ3) is 3.45. The van der Waals surface area contributed by atoms with Crippen LogP contribution in [0.3, 0.4) is 0 Å². The monoisotopic (exact) mass is 233 g/mol. The number of sulfone groups is 1. The summed E-state index contributed by atoms with van der Waals surface area (Å²) in [5.74, 6) is 0.140. The van der Waals surface area contributed by atoms with E-state index in [4.69, 9.17) is 5.73 Å². The molecule has 1 atom stereocenters. The summed E-state index contributed by atoms with van der Waals surface area (Å²) in [4.78, 5) is 0. The van der Waals surface area contributed by atoms with Crippen LogP contribution in [0.1, 0.15) is 46.5 Å². The van der Waals surface area contributed by atoms with Crippen LogP contribution in [0.4, 0.5) is 0 Å². The highest BCUT2D eigenvalue weighted by atomic mass is 32.2. The van der Waals surface area contributed by atoms with Crippen LogP contribution in [-0.4, -0.2) is 25.5 Å². The van der Waals surface area contributed by atoms with Crippen molar-refractivity contribution in [3.8, 4) is 0 Å². The van der Waals surface area contributed by atoms with Crippen molar-refractivity contribution >= 4 is 9.84 Å². The van der Waals surface area contributed by atoms with Gasteiger partial charge in [-0.25, -0.2) is 8.42 Å². The van der Waals surface area contributed by atoms with Gasteiger partial charge in [-0.3, -0.25) is 0 Å². The Hall–Kier alpha value is -0.0900. The fraction of sp³-hybridized carbons (Fsp3) is 1.00. The maximum absolute atomic E-state index is 12.0. The lowest BCUT2D eigenvalue weighted by atomic mass is 9.89. The van der Waals surface area contributed by atoms with Crippen molar-refractivity contribution in [2.75, 3.05) is 5.75 Å². The molecule has 0 bridgehead atoms. The van der Waals surface area contributed by atoms with E-state index in [9.17, 15) is 8.42 Å². The molecule has 0 saturated heterocycles. The van der Waals surface area contributed by atoms with Gasteiger partial charge >= 0.3 is 0 Å². The Morgan fingerprint density at radius 2 is 1.73 bits per heavy atom. The topological polar surface area (TPSA) is 60.2 Å². The predicted octanol–water partition coefficient (Wildman–Crippen LogP) is 1.72. The molecule has 4 heteroatoms. The molecule has 1 rings (SSSR count). The normalized spacial score (nSPS) is 21.9. The van der Waals surface area contributed by atoms with Gasteiger partial charge in [0.25, 0.3) is 0 Å². The summed E-state index contributed by atoms with van der Waals surface area (Å²) in [7, 11) is -2.97. The molecule has 0 aromatic heterocycles. The average Bonchev–Trinajstić information content (AvgIpc) is 2.52. The van der Waals surface area contributed by atoms with Crippen LogP contribution in [0.15, 0.2) is 0 Å². The molecule has 0 amide bonds. The van der Waals surface area contributed by atoms with E-state index in [-0.39, 0.29) is 22.5 Å². The molecule has 0 aromatic rings. The van der Waals surface area contributed by atoms with E-state index in [2.05, 4.69) is 0 Å². The third-order valence-corrected chi connectivity index (χ3v) is 5.65. The van der Waals surface area contributed by atoms with Gasteiger partial charge in [-0.05, 0) is 18.3 Å². The smallest absolute Gasteiger partial charge is 0.154 e. The highest BCUT2D eigenvalue weighted by Crippen LogP contribution is 2.27. The first kappa shape index (κ1) is 13.0. The van der Waals surface area contributed by atoms with Gasteiger partial charge in [-0.2, -0.15) is 0 Å². The van der Waals surface area contributed by atoms with Crippen molar-refractivity contribution < 1.29 is 8.42 Å². The van der Waals surface area contributed by atoms with Crippen LogP contribution in [-0.2, 0) is 9.84 Å². The van der Waals surface area contributed by atoms with Crippen molar-refractivity contribution in [2.45, 2.75) is 57.7 Å². The Morgan fingerprint density at radius 3 is 2.13 bits per heavy atom. The van der Waals surface area contributed by atoms with Gasteiger partial charge in [0.1, 0.15) is 0 Å². The van der Waals surface area contributed by atoms with Crippen molar-refractivity contribution in [2.24, 2.45) is 11.1 Å². The second-order valence-electron chi connectivity index (χ2n) is 5.71. The van der Waals surface area contributed by atoms with Crippen LogP contribution in [0.2, 0.25) is 0 Å². The van der Waals surface area contributed by atoms with Crippen LogP contribution in [0.25, 0.3) is 0 Å². The quantitative estimate of drug-likeness (QED) is 0.807. The number of rotatable bonds is 3. The van der Waals surface area contributed by atoms with Crippen molar-refractivity contribution in [1.29, 1.82) is 0 Å². The van der Waals surface area contributed by atoms with E-state index in [0.717, 1.165) is 25.7 Å². The maximum Gasteiger partial charge on any atom is 0.154 e. The Balaban J connectivity index is 2.64. The zero-order valence-corrected chi connectivity index (χ0v) is 10.8. The molecule has 1 saturated carbocycles. The fourth-order valence-electron chi connectivity index (χ4n) is 1.88. The standard InChI is InChI=1S/C11H23NO2S/c1-11(2,3)10(12)8-15(13,14)9-6-4-5-7-9/h9-10H,4-8,12H2,1-3H3. The molecule has 0 radical (unpaired) electrons. The first-order valence-corrected chi connectivity index (χ1v) is 7.42. The lowest BCUT2D eigenvalue weighted by Crippen LogP contribution is -2.43. The lowest BCUT2D eigenvalue weighted by molar-refractivity contribution is 0.339. The average molecular weight is 233 g/mol. The zero-order chi connectivity index (χ0) is 11.7. The van der Waals surface area contributed by atoms with Crippen molar-refractivity contribution in [1.82, 2.24) is 0 Å². The van der Waals surface area contributed by atoms with Gasteiger partial charge in [0.05, 0.1) is 11.0 Å². The Morgan fingerprint density at radius 1 is 1.27 bits per heavy atom. The van der Waals surface area contributed by atoms with E-state index >= 15 is 0 Å². The number of nitrogens with two attached hydrogens (primary N) is 1. The molecule has 15 heavy (non-hydrogen) atoms. The Labute approximate surface area is 93.3 Å². The van der Waals surface area contributed by atoms with E-state index < -0.39 is 9.84 Å². The molecule has 1 aliphatic carbocycles. The Kier molecular flexibility index (Phi) is 3.82. The Bertz CT molecular complexity index is 297. The molecule has 0 heterocycles. The molecule has 90 valence electrons. The molecular weight excluding hydrogens is 210 g/mol. The predicted molar refractivity (Wildman–Crippen MR) is 63.5 cm³/mol. The van der Waals surface area contributed by atoms with Crippen LogP contribution < -0.4 is 5.73 Å². The second kappa shape index (κ2) is 4.42. The summed E-state index contributed by atoms with van der Waals surface area (Å²) in [5.41, 5.74) is 5.79. The van der Waals surface area contributed by atoms with Gasteiger partial charge in [-0.15, -0.1) is 0 Å². The zero-order valence-electron chi connectivity index (χ0n) is 9.99. The summed E-state index contributed by atoms with van der Waals surface area (Å²) < 4.78 is 24.0. The summed E-state index contributed by atoms with van der Waals surface area (Å²) in [6.45, 7) is 5.96. The van der Waals surface area contributed by atoms with E-state index in [1.165, 1.54) is 0 Å². The van der Waals surface area contributed by atoms with E-state index in [0.29, 0.717) is 0 Å². The number of hydrogen-bond donors (Lipinski definition) is 1. The van der Waals surface area contributed by atoms with Crippen molar-refractivity contribution in [3.05, 3.63) is 0 Å². The molecule has 1 aliphatic rings. The molecule has 1 unspecified atom stereocenters. The van der Waals surface area contributed by atoms with Crippen LogP contribution in [0.5, 0.6) is 0 Å². The summed E-state index contributed by atoms with van der Waals surface area (Å²) in [6, 6.07) is -0.261. The molecular formula is C11H23NO2S. The SMILES string of the molecule is CC(C)(C)C(N)CS(=O)(=O)C1CCCC1. The van der Waals surface area contributed by atoms with Gasteiger partial charge in [0.15, 0.2) is 9.84 Å². The first-order valence-electron chi connectivity index (χ1n) is 5.70. The third-order valence-electron chi connectivity index (χ3n) is 3.33. The summed E-state index contributed by atoms with van der Waals surface area (Å²) >= 11 is 0. The molecule has 2 N–H and O–H groups in total. The number of hydrogen-bond acceptors (Lipinski definition) is 3. The lowest BCUT2D eigenvalue weighted by Gasteiger charge is -2.27. The highest BCUT2D eigenvalue weighted by Gasteiger charge is 2.33. The first-order chi connectivity index (χ1) is 6.73. The van der Waals surface area contributed by atoms with E-state index in [1.54, 1.807) is 0 Å². The van der Waals surface area contributed by atoms with Crippen LogP contribution in [0, 0.1) is 5.41 Å². The minimum Gasteiger partial charge on any atom is -0.326 e. The highest BCUT2D eigenvalue weighted by molar-refractivity contribution is 7.92. The van der Waals surface area contributed by atoms with E-state index in [1.807, 2.05) is 20.8 Å². The summed E-state index contributed by atoms with van der Waals surface area (Å²) in [6.07, 6.45) is 3.77. The summed E-state index contributed by atoms with van der Waals surface area (Å²) in [5, 5.41) is -0.120.